The lowest BCUT2D eigenvalue weighted by Gasteiger charge is -2.15. The standard InChI is InChI=1S/C18H17F2N3O4S/c1-10(15(25)23-13-7-5-12(6-8-13)22-11(2)24)27-17(26)14-4-3-9-21-16(14)28-18(19)20/h3-10,18H,1-2H3,(H,22,24)(H,23,25)/t10-/m1/s1. The molecular formula is C18H17F2N3O4S. The van der Waals surface area contributed by atoms with Crippen molar-refractivity contribution in [2.75, 3.05) is 10.6 Å². The fourth-order valence-electron chi connectivity index (χ4n) is 2.09. The van der Waals surface area contributed by atoms with Gasteiger partial charge in [0.25, 0.3) is 11.7 Å². The van der Waals surface area contributed by atoms with Crippen LogP contribution in [0.15, 0.2) is 47.6 Å². The van der Waals surface area contributed by atoms with Gasteiger partial charge in [0.1, 0.15) is 5.03 Å². The molecule has 0 aliphatic heterocycles. The molecule has 0 radical (unpaired) electrons. The number of nitrogens with zero attached hydrogens (tertiary/aromatic N) is 1. The van der Waals surface area contributed by atoms with E-state index in [0.717, 1.165) is 0 Å². The Morgan fingerprint density at radius 3 is 2.25 bits per heavy atom. The summed E-state index contributed by atoms with van der Waals surface area (Å²) in [6, 6.07) is 9.03. The van der Waals surface area contributed by atoms with Crippen LogP contribution in [0.4, 0.5) is 20.2 Å². The van der Waals surface area contributed by atoms with Crippen molar-refractivity contribution in [2.45, 2.75) is 30.7 Å². The van der Waals surface area contributed by atoms with Crippen LogP contribution in [0.5, 0.6) is 0 Å². The maximum Gasteiger partial charge on any atom is 0.341 e. The number of anilines is 2. The molecule has 0 saturated heterocycles. The first-order valence-corrected chi connectivity index (χ1v) is 8.93. The van der Waals surface area contributed by atoms with Crippen LogP contribution in [0.1, 0.15) is 24.2 Å². The number of nitrogens with one attached hydrogen (secondary N) is 2. The zero-order chi connectivity index (χ0) is 20.7. The Hall–Kier alpha value is -3.01. The molecule has 10 heteroatoms. The number of esters is 1. The van der Waals surface area contributed by atoms with Crippen molar-refractivity contribution in [2.24, 2.45) is 0 Å². The van der Waals surface area contributed by atoms with Gasteiger partial charge in [-0.15, -0.1) is 0 Å². The normalized spacial score (nSPS) is 11.6. The highest BCUT2D eigenvalue weighted by atomic mass is 32.2. The number of halogens is 2. The molecule has 2 amide bonds. The number of rotatable bonds is 7. The molecule has 0 bridgehead atoms. The number of aromatic nitrogens is 1. The van der Waals surface area contributed by atoms with Crippen molar-refractivity contribution in [1.29, 1.82) is 0 Å². The maximum absolute atomic E-state index is 12.6. The van der Waals surface area contributed by atoms with Crippen LogP contribution >= 0.6 is 11.8 Å². The molecule has 1 aromatic carbocycles. The van der Waals surface area contributed by atoms with Crippen molar-refractivity contribution in [3.05, 3.63) is 48.2 Å². The van der Waals surface area contributed by atoms with Crippen molar-refractivity contribution in [1.82, 2.24) is 4.98 Å². The van der Waals surface area contributed by atoms with Gasteiger partial charge in [-0.1, -0.05) is 0 Å². The molecule has 7 nitrogen and oxygen atoms in total. The number of hydrogen-bond acceptors (Lipinski definition) is 6. The Kier molecular flexibility index (Phi) is 7.44. The molecule has 0 aliphatic carbocycles. The zero-order valence-electron chi connectivity index (χ0n) is 14.9. The van der Waals surface area contributed by atoms with Gasteiger partial charge in [-0.3, -0.25) is 9.59 Å². The number of alkyl halides is 2. The van der Waals surface area contributed by atoms with E-state index in [1.807, 2.05) is 0 Å². The number of benzene rings is 1. The third kappa shape index (κ3) is 6.31. The van der Waals surface area contributed by atoms with Crippen LogP contribution in [0.25, 0.3) is 0 Å². The van der Waals surface area contributed by atoms with Gasteiger partial charge in [0.15, 0.2) is 6.10 Å². The van der Waals surface area contributed by atoms with Crippen LogP contribution in [-0.4, -0.2) is 34.6 Å². The number of amides is 2. The lowest BCUT2D eigenvalue weighted by atomic mass is 10.2. The summed E-state index contributed by atoms with van der Waals surface area (Å²) in [5, 5.41) is 4.97. The summed E-state index contributed by atoms with van der Waals surface area (Å²) in [6.45, 7) is 2.73. The second-order valence-electron chi connectivity index (χ2n) is 5.53. The van der Waals surface area contributed by atoms with Gasteiger partial charge >= 0.3 is 5.97 Å². The Bertz CT molecular complexity index is 862. The number of carbonyl (C=O) groups excluding carboxylic acids is 3. The topological polar surface area (TPSA) is 97.4 Å². The molecule has 0 unspecified atom stereocenters. The van der Waals surface area contributed by atoms with Gasteiger partial charge in [0.05, 0.1) is 5.56 Å². The summed E-state index contributed by atoms with van der Waals surface area (Å²) in [6.07, 6.45) is 0.106. The first-order chi connectivity index (χ1) is 13.3. The number of pyridine rings is 1. The number of thioether (sulfide) groups is 1. The second kappa shape index (κ2) is 9.79. The summed E-state index contributed by atoms with van der Waals surface area (Å²) in [5.74, 6) is -4.51. The van der Waals surface area contributed by atoms with Gasteiger partial charge in [-0.05, 0) is 55.1 Å². The predicted octanol–water partition coefficient (Wildman–Crippen LogP) is 3.54. The molecule has 1 heterocycles. The van der Waals surface area contributed by atoms with E-state index in [0.29, 0.717) is 11.4 Å². The minimum Gasteiger partial charge on any atom is -0.449 e. The van der Waals surface area contributed by atoms with Gasteiger partial charge in [-0.2, -0.15) is 8.78 Å². The maximum atomic E-state index is 12.6. The first kappa shape index (κ1) is 21.3. The quantitative estimate of drug-likeness (QED) is 0.536. The molecule has 0 aliphatic rings. The Labute approximate surface area is 163 Å². The molecule has 28 heavy (non-hydrogen) atoms. The Morgan fingerprint density at radius 1 is 1.07 bits per heavy atom. The average Bonchev–Trinajstić information content (AvgIpc) is 2.62. The van der Waals surface area contributed by atoms with E-state index in [2.05, 4.69) is 15.6 Å². The van der Waals surface area contributed by atoms with E-state index in [1.54, 1.807) is 24.3 Å². The van der Waals surface area contributed by atoms with E-state index >= 15 is 0 Å². The van der Waals surface area contributed by atoms with E-state index in [-0.39, 0.29) is 28.3 Å². The molecular weight excluding hydrogens is 392 g/mol. The number of carbonyl (C=O) groups is 3. The van der Waals surface area contributed by atoms with Gasteiger partial charge < -0.3 is 15.4 Å². The third-order valence-electron chi connectivity index (χ3n) is 3.32. The van der Waals surface area contributed by atoms with Crippen molar-refractivity contribution in [3.63, 3.8) is 0 Å². The fraction of sp³-hybridized carbons (Fsp3) is 0.222. The van der Waals surface area contributed by atoms with Crippen molar-refractivity contribution >= 4 is 40.9 Å². The highest BCUT2D eigenvalue weighted by Gasteiger charge is 2.23. The van der Waals surface area contributed by atoms with E-state index < -0.39 is 23.7 Å². The largest absolute Gasteiger partial charge is 0.449 e. The molecule has 0 fully saturated rings. The monoisotopic (exact) mass is 409 g/mol. The fourth-order valence-corrected chi connectivity index (χ4v) is 2.65. The van der Waals surface area contributed by atoms with E-state index in [9.17, 15) is 23.2 Å². The molecule has 0 saturated carbocycles. The smallest absolute Gasteiger partial charge is 0.341 e. The summed E-state index contributed by atoms with van der Waals surface area (Å²) in [4.78, 5) is 39.2. The summed E-state index contributed by atoms with van der Waals surface area (Å²) in [7, 11) is 0. The van der Waals surface area contributed by atoms with Crippen LogP contribution < -0.4 is 10.6 Å². The first-order valence-electron chi connectivity index (χ1n) is 8.05. The van der Waals surface area contributed by atoms with Crippen molar-refractivity contribution < 1.29 is 27.9 Å². The third-order valence-corrected chi connectivity index (χ3v) is 4.04. The van der Waals surface area contributed by atoms with Crippen LogP contribution in [-0.2, 0) is 14.3 Å². The molecule has 2 N–H and O–H groups in total. The lowest BCUT2D eigenvalue weighted by Crippen LogP contribution is -2.30. The predicted molar refractivity (Wildman–Crippen MR) is 100 cm³/mol. The van der Waals surface area contributed by atoms with Crippen molar-refractivity contribution in [3.8, 4) is 0 Å². The minimum atomic E-state index is -2.75. The highest BCUT2D eigenvalue weighted by molar-refractivity contribution is 7.99. The molecule has 1 aromatic heterocycles. The van der Waals surface area contributed by atoms with Crippen LogP contribution in [0.3, 0.4) is 0 Å². The van der Waals surface area contributed by atoms with Gasteiger partial charge in [-0.25, -0.2) is 9.78 Å². The lowest BCUT2D eigenvalue weighted by molar-refractivity contribution is -0.123. The summed E-state index contributed by atoms with van der Waals surface area (Å²) in [5.41, 5.74) is 0.843. The highest BCUT2D eigenvalue weighted by Crippen LogP contribution is 2.27. The van der Waals surface area contributed by atoms with E-state index in [1.165, 1.54) is 32.2 Å². The average molecular weight is 409 g/mol. The Morgan fingerprint density at radius 2 is 1.68 bits per heavy atom. The minimum absolute atomic E-state index is 0.121. The number of hydrogen-bond donors (Lipinski definition) is 2. The van der Waals surface area contributed by atoms with Crippen LogP contribution in [0, 0.1) is 0 Å². The van der Waals surface area contributed by atoms with Gasteiger partial charge in [0, 0.05) is 24.5 Å². The van der Waals surface area contributed by atoms with E-state index in [4.69, 9.17) is 4.74 Å². The SMILES string of the molecule is CC(=O)Nc1ccc(NC(=O)[C@@H](C)OC(=O)c2cccnc2SC(F)F)cc1. The molecule has 2 aromatic rings. The molecule has 2 rings (SSSR count). The Balaban J connectivity index is 1.98. The van der Waals surface area contributed by atoms with Gasteiger partial charge in [0.2, 0.25) is 5.91 Å². The number of ether oxygens (including phenoxy) is 1. The molecule has 0 spiro atoms. The zero-order valence-corrected chi connectivity index (χ0v) is 15.8. The summed E-state index contributed by atoms with van der Waals surface area (Å²) >= 11 is 0.121. The molecule has 148 valence electrons. The second-order valence-corrected chi connectivity index (χ2v) is 6.51. The molecule has 1 atom stereocenters. The van der Waals surface area contributed by atoms with Crippen LogP contribution in [0.2, 0.25) is 0 Å². The summed E-state index contributed by atoms with van der Waals surface area (Å²) < 4.78 is 30.2.